The molecule has 0 fully saturated rings. The second kappa shape index (κ2) is 6.39. The van der Waals surface area contributed by atoms with Crippen LogP contribution in [0.4, 0.5) is 5.69 Å². The first-order valence-electron chi connectivity index (χ1n) is 6.15. The van der Waals surface area contributed by atoms with Gasteiger partial charge < -0.3 is 11.1 Å². The maximum absolute atomic E-state index is 11.7. The van der Waals surface area contributed by atoms with Gasteiger partial charge in [-0.15, -0.1) is 0 Å². The molecule has 0 saturated carbocycles. The molecule has 5 heteroatoms. The summed E-state index contributed by atoms with van der Waals surface area (Å²) in [7, 11) is 0. The standard InChI is InChI=1S/C12H22N4O/c1-4-5-6-11(13)12(17)15-10-7-14-16(8-10)9(2)3/h7-9,11H,4-6,13H2,1-3H3,(H,15,17). The Bertz CT molecular complexity index is 359. The molecule has 1 unspecified atom stereocenters. The van der Waals surface area contributed by atoms with Crippen molar-refractivity contribution in [1.29, 1.82) is 0 Å². The maximum atomic E-state index is 11.7. The van der Waals surface area contributed by atoms with Crippen LogP contribution >= 0.6 is 0 Å². The van der Waals surface area contributed by atoms with E-state index in [4.69, 9.17) is 5.73 Å². The van der Waals surface area contributed by atoms with Crippen LogP contribution in [0.1, 0.15) is 46.1 Å². The third-order valence-corrected chi connectivity index (χ3v) is 2.60. The topological polar surface area (TPSA) is 72.9 Å². The van der Waals surface area contributed by atoms with Crippen molar-refractivity contribution >= 4 is 11.6 Å². The Morgan fingerprint density at radius 2 is 2.29 bits per heavy atom. The summed E-state index contributed by atoms with van der Waals surface area (Å²) in [5, 5.41) is 6.93. The monoisotopic (exact) mass is 238 g/mol. The Labute approximate surface area is 102 Å². The number of unbranched alkanes of at least 4 members (excludes halogenated alkanes) is 1. The van der Waals surface area contributed by atoms with Crippen LogP contribution in [-0.2, 0) is 4.79 Å². The van der Waals surface area contributed by atoms with Gasteiger partial charge in [0, 0.05) is 12.2 Å². The number of rotatable bonds is 6. The Balaban J connectivity index is 2.49. The number of aromatic nitrogens is 2. The summed E-state index contributed by atoms with van der Waals surface area (Å²) in [6.07, 6.45) is 6.20. The fourth-order valence-corrected chi connectivity index (χ4v) is 1.48. The quantitative estimate of drug-likeness (QED) is 0.795. The molecule has 3 N–H and O–H groups in total. The molecule has 0 radical (unpaired) electrons. The molecule has 17 heavy (non-hydrogen) atoms. The summed E-state index contributed by atoms with van der Waals surface area (Å²) < 4.78 is 1.80. The van der Waals surface area contributed by atoms with E-state index in [1.807, 2.05) is 20.0 Å². The summed E-state index contributed by atoms with van der Waals surface area (Å²) in [6, 6.07) is -0.147. The van der Waals surface area contributed by atoms with Crippen molar-refractivity contribution in [3.05, 3.63) is 12.4 Å². The van der Waals surface area contributed by atoms with E-state index in [1.54, 1.807) is 10.9 Å². The van der Waals surface area contributed by atoms with Crippen LogP contribution in [0.2, 0.25) is 0 Å². The predicted octanol–water partition coefficient (Wildman–Crippen LogP) is 1.92. The molecule has 0 spiro atoms. The SMILES string of the molecule is CCCCC(N)C(=O)Nc1cnn(C(C)C)c1. The van der Waals surface area contributed by atoms with Crippen LogP contribution in [0, 0.1) is 0 Å². The van der Waals surface area contributed by atoms with E-state index < -0.39 is 6.04 Å². The second-order valence-corrected chi connectivity index (χ2v) is 4.54. The van der Waals surface area contributed by atoms with Gasteiger partial charge in [-0.1, -0.05) is 19.8 Å². The first-order chi connectivity index (χ1) is 8.04. The lowest BCUT2D eigenvalue weighted by Crippen LogP contribution is -2.35. The fraction of sp³-hybridized carbons (Fsp3) is 0.667. The molecule has 0 aliphatic carbocycles. The zero-order chi connectivity index (χ0) is 12.8. The molecule has 0 aliphatic heterocycles. The molecule has 0 bridgehead atoms. The van der Waals surface area contributed by atoms with E-state index in [0.29, 0.717) is 5.69 Å². The molecule has 1 aromatic rings. The number of nitrogens with two attached hydrogens (primary N) is 1. The number of hydrogen-bond donors (Lipinski definition) is 2. The van der Waals surface area contributed by atoms with Gasteiger partial charge in [-0.2, -0.15) is 5.10 Å². The van der Waals surface area contributed by atoms with Crippen molar-refractivity contribution in [2.75, 3.05) is 5.32 Å². The molecule has 1 heterocycles. The lowest BCUT2D eigenvalue weighted by atomic mass is 10.1. The summed E-state index contributed by atoms with van der Waals surface area (Å²) in [6.45, 7) is 6.15. The number of anilines is 1. The van der Waals surface area contributed by atoms with E-state index in [9.17, 15) is 4.79 Å². The van der Waals surface area contributed by atoms with Gasteiger partial charge in [0.1, 0.15) is 0 Å². The molecule has 5 nitrogen and oxygen atoms in total. The van der Waals surface area contributed by atoms with Crippen molar-refractivity contribution in [2.45, 2.75) is 52.1 Å². The van der Waals surface area contributed by atoms with Gasteiger partial charge in [-0.25, -0.2) is 0 Å². The number of nitrogens with zero attached hydrogens (tertiary/aromatic N) is 2. The van der Waals surface area contributed by atoms with E-state index in [-0.39, 0.29) is 11.9 Å². The Morgan fingerprint density at radius 3 is 2.82 bits per heavy atom. The van der Waals surface area contributed by atoms with Gasteiger partial charge in [0.25, 0.3) is 0 Å². The highest BCUT2D eigenvalue weighted by atomic mass is 16.2. The average Bonchev–Trinajstić information content (AvgIpc) is 2.74. The third-order valence-electron chi connectivity index (χ3n) is 2.60. The number of carbonyl (C=O) groups is 1. The molecule has 96 valence electrons. The van der Waals surface area contributed by atoms with Crippen molar-refractivity contribution in [2.24, 2.45) is 5.73 Å². The van der Waals surface area contributed by atoms with Gasteiger partial charge in [0.15, 0.2) is 0 Å². The minimum absolute atomic E-state index is 0.137. The Kier molecular flexibility index (Phi) is 5.15. The van der Waals surface area contributed by atoms with E-state index in [2.05, 4.69) is 17.3 Å². The van der Waals surface area contributed by atoms with Gasteiger partial charge >= 0.3 is 0 Å². The molecular weight excluding hydrogens is 216 g/mol. The Hall–Kier alpha value is -1.36. The molecule has 1 rings (SSSR count). The first-order valence-corrected chi connectivity index (χ1v) is 6.15. The lowest BCUT2D eigenvalue weighted by Gasteiger charge is -2.10. The number of hydrogen-bond acceptors (Lipinski definition) is 3. The van der Waals surface area contributed by atoms with Crippen LogP contribution < -0.4 is 11.1 Å². The number of carbonyl (C=O) groups excluding carboxylic acids is 1. The highest BCUT2D eigenvalue weighted by Crippen LogP contribution is 2.10. The van der Waals surface area contributed by atoms with Crippen LogP contribution in [0.15, 0.2) is 12.4 Å². The minimum Gasteiger partial charge on any atom is -0.322 e. The number of nitrogens with one attached hydrogen (secondary N) is 1. The Morgan fingerprint density at radius 1 is 1.59 bits per heavy atom. The van der Waals surface area contributed by atoms with E-state index >= 15 is 0 Å². The third kappa shape index (κ3) is 4.19. The molecular formula is C12H22N4O. The molecule has 1 amide bonds. The molecule has 0 saturated heterocycles. The molecule has 1 aromatic heterocycles. The maximum Gasteiger partial charge on any atom is 0.241 e. The van der Waals surface area contributed by atoms with Crippen molar-refractivity contribution in [3.63, 3.8) is 0 Å². The summed E-state index contributed by atoms with van der Waals surface area (Å²) in [4.78, 5) is 11.7. The summed E-state index contributed by atoms with van der Waals surface area (Å²) in [5.74, 6) is -0.137. The van der Waals surface area contributed by atoms with Crippen molar-refractivity contribution < 1.29 is 4.79 Å². The lowest BCUT2D eigenvalue weighted by molar-refractivity contribution is -0.117. The van der Waals surface area contributed by atoms with Crippen LogP contribution in [0.3, 0.4) is 0 Å². The number of amides is 1. The zero-order valence-electron chi connectivity index (χ0n) is 10.8. The van der Waals surface area contributed by atoms with E-state index in [0.717, 1.165) is 19.3 Å². The van der Waals surface area contributed by atoms with Gasteiger partial charge in [0.05, 0.1) is 17.9 Å². The normalized spacial score (nSPS) is 12.8. The predicted molar refractivity (Wildman–Crippen MR) is 68.7 cm³/mol. The fourth-order valence-electron chi connectivity index (χ4n) is 1.48. The molecule has 1 atom stereocenters. The second-order valence-electron chi connectivity index (χ2n) is 4.54. The van der Waals surface area contributed by atoms with Gasteiger partial charge in [0.2, 0.25) is 5.91 Å². The summed E-state index contributed by atoms with van der Waals surface area (Å²) >= 11 is 0. The van der Waals surface area contributed by atoms with E-state index in [1.165, 1.54) is 0 Å². The van der Waals surface area contributed by atoms with Crippen LogP contribution in [0.5, 0.6) is 0 Å². The highest BCUT2D eigenvalue weighted by molar-refractivity contribution is 5.94. The van der Waals surface area contributed by atoms with Gasteiger partial charge in [-0.3, -0.25) is 9.48 Å². The van der Waals surface area contributed by atoms with Crippen LogP contribution in [-0.4, -0.2) is 21.7 Å². The van der Waals surface area contributed by atoms with Gasteiger partial charge in [-0.05, 0) is 20.3 Å². The minimum atomic E-state index is -0.433. The summed E-state index contributed by atoms with van der Waals surface area (Å²) in [5.41, 5.74) is 6.48. The van der Waals surface area contributed by atoms with Crippen molar-refractivity contribution in [3.8, 4) is 0 Å². The average molecular weight is 238 g/mol. The first kappa shape index (κ1) is 13.7. The van der Waals surface area contributed by atoms with Crippen LogP contribution in [0.25, 0.3) is 0 Å². The highest BCUT2D eigenvalue weighted by Gasteiger charge is 2.13. The van der Waals surface area contributed by atoms with Crippen molar-refractivity contribution in [1.82, 2.24) is 9.78 Å². The smallest absolute Gasteiger partial charge is 0.241 e. The molecule has 0 aromatic carbocycles. The zero-order valence-corrected chi connectivity index (χ0v) is 10.8. The molecule has 0 aliphatic rings. The largest absolute Gasteiger partial charge is 0.322 e.